The summed E-state index contributed by atoms with van der Waals surface area (Å²) in [4.78, 5) is 10.1. The van der Waals surface area contributed by atoms with Crippen LogP contribution in [0.4, 0.5) is 5.69 Å². The van der Waals surface area contributed by atoms with Crippen molar-refractivity contribution in [3.8, 4) is 5.75 Å². The van der Waals surface area contributed by atoms with Gasteiger partial charge >= 0.3 is 0 Å². The highest BCUT2D eigenvalue weighted by Crippen LogP contribution is 2.42. The molecule has 1 atom stereocenters. The van der Waals surface area contributed by atoms with Gasteiger partial charge in [-0.25, -0.2) is 0 Å². The van der Waals surface area contributed by atoms with E-state index in [0.717, 1.165) is 5.56 Å². The highest BCUT2D eigenvalue weighted by atomic mass is 31.2. The SMILES string of the molecule is Cc1ccc(P(C)(=O)Oc2ccc([N+](=O)[O-])cc2)cc1. The van der Waals surface area contributed by atoms with Gasteiger partial charge < -0.3 is 4.52 Å². The third-order valence-electron chi connectivity index (χ3n) is 2.83. The maximum Gasteiger partial charge on any atom is 0.274 e. The Kier molecular flexibility index (Phi) is 3.91. The first-order valence-corrected chi connectivity index (χ1v) is 8.04. The van der Waals surface area contributed by atoms with Crippen LogP contribution in [0.2, 0.25) is 0 Å². The lowest BCUT2D eigenvalue weighted by Crippen LogP contribution is -2.08. The highest BCUT2D eigenvalue weighted by Gasteiger charge is 2.20. The predicted octanol–water partition coefficient (Wildman–Crippen LogP) is 3.52. The molecule has 2 aromatic rings. The Labute approximate surface area is 116 Å². The summed E-state index contributed by atoms with van der Waals surface area (Å²) < 4.78 is 18.1. The van der Waals surface area contributed by atoms with Gasteiger partial charge in [0.25, 0.3) is 13.1 Å². The van der Waals surface area contributed by atoms with Crippen molar-refractivity contribution in [3.05, 3.63) is 64.2 Å². The maximum atomic E-state index is 12.6. The summed E-state index contributed by atoms with van der Waals surface area (Å²) in [6.07, 6.45) is 0. The molecule has 0 aliphatic rings. The van der Waals surface area contributed by atoms with E-state index in [2.05, 4.69) is 0 Å². The molecular formula is C14H14NO4P. The zero-order valence-electron chi connectivity index (χ0n) is 11.1. The number of benzene rings is 2. The van der Waals surface area contributed by atoms with Crippen LogP contribution in [0.3, 0.4) is 0 Å². The molecular weight excluding hydrogens is 277 g/mol. The summed E-state index contributed by atoms with van der Waals surface area (Å²) in [6, 6.07) is 12.8. The van der Waals surface area contributed by atoms with Gasteiger partial charge in [0, 0.05) is 24.1 Å². The number of nitrogens with zero attached hydrogens (tertiary/aromatic N) is 1. The molecule has 0 amide bonds. The van der Waals surface area contributed by atoms with Gasteiger partial charge in [0.2, 0.25) is 0 Å². The minimum absolute atomic E-state index is 0.0291. The van der Waals surface area contributed by atoms with Crippen LogP contribution in [0.15, 0.2) is 48.5 Å². The van der Waals surface area contributed by atoms with Crippen LogP contribution in [-0.4, -0.2) is 11.6 Å². The van der Waals surface area contributed by atoms with Crippen molar-refractivity contribution in [2.75, 3.05) is 6.66 Å². The molecule has 0 radical (unpaired) electrons. The molecule has 0 aliphatic carbocycles. The van der Waals surface area contributed by atoms with E-state index in [1.807, 2.05) is 19.1 Å². The van der Waals surface area contributed by atoms with Gasteiger partial charge in [0.05, 0.1) is 4.92 Å². The largest absolute Gasteiger partial charge is 0.440 e. The van der Waals surface area contributed by atoms with Crippen molar-refractivity contribution in [2.45, 2.75) is 6.92 Å². The summed E-state index contributed by atoms with van der Waals surface area (Å²) in [5.41, 5.74) is 1.04. The first-order chi connectivity index (χ1) is 9.38. The fraction of sp³-hybridized carbons (Fsp3) is 0.143. The third kappa shape index (κ3) is 3.25. The molecule has 0 spiro atoms. The quantitative estimate of drug-likeness (QED) is 0.491. The second-order valence-electron chi connectivity index (χ2n) is 4.52. The normalized spacial score (nSPS) is 13.5. The van der Waals surface area contributed by atoms with Gasteiger partial charge in [-0.15, -0.1) is 0 Å². The van der Waals surface area contributed by atoms with Crippen LogP contribution in [0.5, 0.6) is 5.75 Å². The second-order valence-corrected chi connectivity index (χ2v) is 6.91. The molecule has 6 heteroatoms. The van der Waals surface area contributed by atoms with E-state index >= 15 is 0 Å². The molecule has 1 unspecified atom stereocenters. The minimum atomic E-state index is -3.00. The Balaban J connectivity index is 2.21. The number of aryl methyl sites for hydroxylation is 1. The summed E-state index contributed by atoms with van der Waals surface area (Å²) in [7, 11) is -3.00. The minimum Gasteiger partial charge on any atom is -0.440 e. The van der Waals surface area contributed by atoms with Crippen molar-refractivity contribution < 1.29 is 14.0 Å². The number of nitro groups is 1. The maximum absolute atomic E-state index is 12.6. The Morgan fingerprint density at radius 2 is 1.60 bits per heavy atom. The zero-order chi connectivity index (χ0) is 14.8. The number of hydrogen-bond donors (Lipinski definition) is 0. The summed E-state index contributed by atoms with van der Waals surface area (Å²) in [6.45, 7) is 3.47. The number of nitro benzene ring substituents is 1. The van der Waals surface area contributed by atoms with Crippen molar-refractivity contribution in [1.29, 1.82) is 0 Å². The summed E-state index contributed by atoms with van der Waals surface area (Å²) >= 11 is 0. The Hall–Kier alpha value is -2.13. The van der Waals surface area contributed by atoms with E-state index in [1.165, 1.54) is 30.9 Å². The molecule has 0 saturated heterocycles. The van der Waals surface area contributed by atoms with E-state index in [1.54, 1.807) is 12.1 Å². The van der Waals surface area contributed by atoms with Crippen LogP contribution in [0.25, 0.3) is 0 Å². The molecule has 104 valence electrons. The van der Waals surface area contributed by atoms with Gasteiger partial charge in [0.15, 0.2) is 0 Å². The van der Waals surface area contributed by atoms with Gasteiger partial charge in [-0.05, 0) is 31.2 Å². The van der Waals surface area contributed by atoms with Crippen LogP contribution in [0.1, 0.15) is 5.56 Å². The molecule has 0 aliphatic heterocycles. The van der Waals surface area contributed by atoms with Crippen molar-refractivity contribution in [2.24, 2.45) is 0 Å². The number of hydrogen-bond acceptors (Lipinski definition) is 4. The van der Waals surface area contributed by atoms with Gasteiger partial charge in [-0.3, -0.25) is 14.7 Å². The summed E-state index contributed by atoms with van der Waals surface area (Å²) in [5, 5.41) is 11.2. The monoisotopic (exact) mass is 291 g/mol. The highest BCUT2D eigenvalue weighted by molar-refractivity contribution is 7.66. The average molecular weight is 291 g/mol. The lowest BCUT2D eigenvalue weighted by molar-refractivity contribution is -0.384. The molecule has 2 rings (SSSR count). The Bertz CT molecular complexity index is 665. The molecule has 0 saturated carbocycles. The first kappa shape index (κ1) is 14.3. The topological polar surface area (TPSA) is 69.4 Å². The second kappa shape index (κ2) is 5.47. The predicted molar refractivity (Wildman–Crippen MR) is 78.1 cm³/mol. The lowest BCUT2D eigenvalue weighted by atomic mass is 10.2. The molecule has 0 bridgehead atoms. The van der Waals surface area contributed by atoms with Crippen molar-refractivity contribution in [3.63, 3.8) is 0 Å². The van der Waals surface area contributed by atoms with Crippen LogP contribution in [0, 0.1) is 17.0 Å². The van der Waals surface area contributed by atoms with Crippen LogP contribution in [-0.2, 0) is 4.57 Å². The lowest BCUT2D eigenvalue weighted by Gasteiger charge is -2.15. The van der Waals surface area contributed by atoms with E-state index in [9.17, 15) is 14.7 Å². The molecule has 0 aromatic heterocycles. The molecule has 5 nitrogen and oxygen atoms in total. The summed E-state index contributed by atoms with van der Waals surface area (Å²) in [5.74, 6) is 0.349. The fourth-order valence-corrected chi connectivity index (χ4v) is 3.02. The van der Waals surface area contributed by atoms with Gasteiger partial charge in [0.1, 0.15) is 5.75 Å². The standard InChI is InChI=1S/C14H14NO4P/c1-11-3-9-14(10-4-11)20(2,18)19-13-7-5-12(6-8-13)15(16)17/h3-10H,1-2H3. The fourth-order valence-electron chi connectivity index (χ4n) is 1.70. The van der Waals surface area contributed by atoms with Gasteiger partial charge in [-0.1, -0.05) is 17.7 Å². The van der Waals surface area contributed by atoms with E-state index in [-0.39, 0.29) is 5.69 Å². The van der Waals surface area contributed by atoms with Gasteiger partial charge in [-0.2, -0.15) is 0 Å². The molecule has 0 heterocycles. The van der Waals surface area contributed by atoms with E-state index in [0.29, 0.717) is 11.1 Å². The van der Waals surface area contributed by atoms with Crippen LogP contribution >= 0.6 is 7.37 Å². The van der Waals surface area contributed by atoms with Crippen LogP contribution < -0.4 is 9.83 Å². The smallest absolute Gasteiger partial charge is 0.274 e. The number of rotatable bonds is 4. The average Bonchev–Trinajstić information content (AvgIpc) is 2.39. The molecule has 20 heavy (non-hydrogen) atoms. The molecule has 0 fully saturated rings. The van der Waals surface area contributed by atoms with Crippen molar-refractivity contribution in [1.82, 2.24) is 0 Å². The first-order valence-electron chi connectivity index (χ1n) is 5.97. The number of non-ortho nitro benzene ring substituents is 1. The Morgan fingerprint density at radius 1 is 1.05 bits per heavy atom. The third-order valence-corrected chi connectivity index (χ3v) is 4.63. The van der Waals surface area contributed by atoms with E-state index < -0.39 is 12.3 Å². The van der Waals surface area contributed by atoms with Crippen molar-refractivity contribution >= 4 is 18.4 Å². The Morgan fingerprint density at radius 3 is 2.10 bits per heavy atom. The van der Waals surface area contributed by atoms with E-state index in [4.69, 9.17) is 4.52 Å². The molecule has 0 N–H and O–H groups in total. The zero-order valence-corrected chi connectivity index (χ0v) is 12.0. The molecule has 2 aromatic carbocycles.